The molecule has 0 bridgehead atoms. The van der Waals surface area contributed by atoms with Crippen molar-refractivity contribution in [1.29, 1.82) is 0 Å². The lowest BCUT2D eigenvalue weighted by Gasteiger charge is -2.17. The summed E-state index contributed by atoms with van der Waals surface area (Å²) < 4.78 is 0. The molecular formula is C20H21N3O3S. The number of amides is 4. The molecule has 2 heterocycles. The van der Waals surface area contributed by atoms with Gasteiger partial charge in [0.25, 0.3) is 11.8 Å². The van der Waals surface area contributed by atoms with Gasteiger partial charge in [0.2, 0.25) is 0 Å². The van der Waals surface area contributed by atoms with Gasteiger partial charge >= 0.3 is 6.03 Å². The number of carbonyl (C=O) groups excluding carboxylic acids is 3. The number of thiophene rings is 1. The Balaban J connectivity index is 1.38. The summed E-state index contributed by atoms with van der Waals surface area (Å²) >= 11 is 1.49. The summed E-state index contributed by atoms with van der Waals surface area (Å²) in [4.78, 5) is 40.3. The lowest BCUT2D eigenvalue weighted by molar-refractivity contribution is -0.125. The first-order valence-electron chi connectivity index (χ1n) is 9.20. The van der Waals surface area contributed by atoms with E-state index in [1.165, 1.54) is 26.7 Å². The summed E-state index contributed by atoms with van der Waals surface area (Å²) in [5, 5.41) is 1.12. The Hall–Kier alpha value is -2.67. The highest BCUT2D eigenvalue weighted by molar-refractivity contribution is 7.14. The van der Waals surface area contributed by atoms with E-state index in [2.05, 4.69) is 5.43 Å². The molecular weight excluding hydrogens is 362 g/mol. The zero-order chi connectivity index (χ0) is 18.8. The number of rotatable bonds is 5. The molecule has 27 heavy (non-hydrogen) atoms. The average Bonchev–Trinajstić information content (AvgIpc) is 3.23. The molecule has 1 aliphatic carbocycles. The van der Waals surface area contributed by atoms with Crippen molar-refractivity contribution in [3.8, 4) is 0 Å². The van der Waals surface area contributed by atoms with E-state index in [0.29, 0.717) is 17.8 Å². The second-order valence-electron chi connectivity index (χ2n) is 6.86. The summed E-state index contributed by atoms with van der Waals surface area (Å²) in [6.07, 6.45) is 4.93. The van der Waals surface area contributed by atoms with Crippen molar-refractivity contribution in [2.45, 2.75) is 32.1 Å². The van der Waals surface area contributed by atoms with E-state index in [1.807, 2.05) is 36.4 Å². The number of urea groups is 1. The van der Waals surface area contributed by atoms with Gasteiger partial charge in [0.1, 0.15) is 6.54 Å². The molecule has 4 amide bonds. The van der Waals surface area contributed by atoms with Crippen LogP contribution in [0.15, 0.2) is 36.4 Å². The van der Waals surface area contributed by atoms with Crippen LogP contribution in [0, 0.1) is 0 Å². The predicted octanol–water partition coefficient (Wildman–Crippen LogP) is 2.78. The number of imide groups is 1. The average molecular weight is 383 g/mol. The van der Waals surface area contributed by atoms with E-state index in [4.69, 9.17) is 0 Å². The molecule has 140 valence electrons. The molecule has 7 heteroatoms. The molecule has 1 saturated heterocycles. The lowest BCUT2D eigenvalue weighted by Crippen LogP contribution is -2.45. The normalized spacial score (nSPS) is 16.6. The summed E-state index contributed by atoms with van der Waals surface area (Å²) in [6.45, 7) is 0.186. The summed E-state index contributed by atoms with van der Waals surface area (Å²) in [7, 11) is 0. The van der Waals surface area contributed by atoms with E-state index >= 15 is 0 Å². The number of aryl methyl sites for hydroxylation is 2. The van der Waals surface area contributed by atoms with Gasteiger partial charge in [-0.15, -0.1) is 11.3 Å². The molecule has 0 atom stereocenters. The van der Waals surface area contributed by atoms with Crippen LogP contribution in [0.1, 0.15) is 38.5 Å². The Bertz CT molecular complexity index is 854. The van der Waals surface area contributed by atoms with Crippen molar-refractivity contribution < 1.29 is 14.4 Å². The van der Waals surface area contributed by atoms with Gasteiger partial charge in [-0.1, -0.05) is 30.3 Å². The fraction of sp³-hybridized carbons (Fsp3) is 0.350. The second kappa shape index (κ2) is 7.52. The van der Waals surface area contributed by atoms with Crippen molar-refractivity contribution in [2.75, 3.05) is 13.1 Å². The molecule has 2 aromatic rings. The Morgan fingerprint density at radius 3 is 2.67 bits per heavy atom. The van der Waals surface area contributed by atoms with Gasteiger partial charge in [-0.2, -0.15) is 0 Å². The maximum absolute atomic E-state index is 12.5. The topological polar surface area (TPSA) is 69.7 Å². The SMILES string of the molecule is O=C(NN1CC(=O)N(CCc2ccccc2)C1=O)c1cc2c(s1)CCCC2. The molecule has 4 rings (SSSR count). The van der Waals surface area contributed by atoms with Gasteiger partial charge in [-0.3, -0.25) is 19.9 Å². The minimum Gasteiger partial charge on any atom is -0.272 e. The van der Waals surface area contributed by atoms with E-state index < -0.39 is 6.03 Å². The third kappa shape index (κ3) is 3.73. The van der Waals surface area contributed by atoms with Gasteiger partial charge in [-0.05, 0) is 49.3 Å². The number of hydrogen-bond donors (Lipinski definition) is 1. The predicted molar refractivity (Wildman–Crippen MR) is 102 cm³/mol. The number of hydrazine groups is 1. The quantitative estimate of drug-likeness (QED) is 0.807. The summed E-state index contributed by atoms with van der Waals surface area (Å²) in [5.74, 6) is -0.609. The zero-order valence-corrected chi connectivity index (χ0v) is 15.8. The number of hydrogen-bond acceptors (Lipinski definition) is 4. The highest BCUT2D eigenvalue weighted by atomic mass is 32.1. The highest BCUT2D eigenvalue weighted by Crippen LogP contribution is 2.29. The summed E-state index contributed by atoms with van der Waals surface area (Å²) in [6, 6.07) is 11.2. The van der Waals surface area contributed by atoms with Crippen molar-refractivity contribution in [1.82, 2.24) is 15.3 Å². The van der Waals surface area contributed by atoms with E-state index in [-0.39, 0.29) is 18.4 Å². The first kappa shape index (κ1) is 17.7. The number of nitrogens with zero attached hydrogens (tertiary/aromatic N) is 2. The standard InChI is InChI=1S/C20H21N3O3S/c24-18-13-23(20(26)22(18)11-10-14-6-2-1-3-7-14)21-19(25)17-12-15-8-4-5-9-16(15)27-17/h1-3,6-7,12H,4-5,8-11,13H2,(H,21,25). The van der Waals surface area contributed by atoms with Gasteiger partial charge < -0.3 is 0 Å². The van der Waals surface area contributed by atoms with Crippen molar-refractivity contribution >= 4 is 29.2 Å². The van der Waals surface area contributed by atoms with Gasteiger partial charge in [0.15, 0.2) is 0 Å². The largest absolute Gasteiger partial charge is 0.345 e. The van der Waals surface area contributed by atoms with Crippen LogP contribution in [0.2, 0.25) is 0 Å². The number of nitrogens with one attached hydrogen (secondary N) is 1. The molecule has 0 spiro atoms. The number of carbonyl (C=O) groups is 3. The smallest absolute Gasteiger partial charge is 0.272 e. The second-order valence-corrected chi connectivity index (χ2v) is 7.99. The molecule has 1 N–H and O–H groups in total. The van der Waals surface area contributed by atoms with Crippen LogP contribution < -0.4 is 5.43 Å². The van der Waals surface area contributed by atoms with Gasteiger partial charge in [-0.25, -0.2) is 9.80 Å². The maximum Gasteiger partial charge on any atom is 0.345 e. The fourth-order valence-electron chi connectivity index (χ4n) is 3.51. The highest BCUT2D eigenvalue weighted by Gasteiger charge is 2.37. The molecule has 0 radical (unpaired) electrons. The third-order valence-electron chi connectivity index (χ3n) is 4.98. The fourth-order valence-corrected chi connectivity index (χ4v) is 4.66. The van der Waals surface area contributed by atoms with Crippen LogP contribution in [0.3, 0.4) is 0 Å². The monoisotopic (exact) mass is 383 g/mol. The van der Waals surface area contributed by atoms with Crippen molar-refractivity contribution in [3.05, 3.63) is 57.3 Å². The number of benzene rings is 1. The van der Waals surface area contributed by atoms with Crippen LogP contribution in [-0.2, 0) is 24.1 Å². The van der Waals surface area contributed by atoms with Crippen molar-refractivity contribution in [3.63, 3.8) is 0 Å². The minimum atomic E-state index is -0.467. The first-order chi connectivity index (χ1) is 13.1. The zero-order valence-electron chi connectivity index (χ0n) is 14.9. The lowest BCUT2D eigenvalue weighted by atomic mass is 9.99. The van der Waals surface area contributed by atoms with Crippen molar-refractivity contribution in [2.24, 2.45) is 0 Å². The van der Waals surface area contributed by atoms with Crippen LogP contribution in [0.25, 0.3) is 0 Å². The molecule has 1 aromatic carbocycles. The third-order valence-corrected chi connectivity index (χ3v) is 6.22. The molecule has 0 unspecified atom stereocenters. The van der Waals surface area contributed by atoms with Gasteiger partial charge in [0.05, 0.1) is 4.88 Å². The molecule has 0 saturated carbocycles. The maximum atomic E-state index is 12.5. The Morgan fingerprint density at radius 1 is 1.11 bits per heavy atom. The van der Waals surface area contributed by atoms with E-state index in [9.17, 15) is 14.4 Å². The Morgan fingerprint density at radius 2 is 1.89 bits per heavy atom. The van der Waals surface area contributed by atoms with E-state index in [0.717, 1.165) is 36.3 Å². The Labute approximate surface area is 161 Å². The Kier molecular flexibility index (Phi) is 4.94. The molecule has 1 aromatic heterocycles. The molecule has 2 aliphatic rings. The number of fused-ring (bicyclic) bond motifs is 1. The van der Waals surface area contributed by atoms with Crippen LogP contribution in [0.5, 0.6) is 0 Å². The minimum absolute atomic E-state index is 0.121. The van der Waals surface area contributed by atoms with E-state index in [1.54, 1.807) is 0 Å². The first-order valence-corrected chi connectivity index (χ1v) is 10.0. The molecule has 1 aliphatic heterocycles. The van der Waals surface area contributed by atoms with Gasteiger partial charge in [0, 0.05) is 11.4 Å². The molecule has 1 fully saturated rings. The van der Waals surface area contributed by atoms with Crippen LogP contribution >= 0.6 is 11.3 Å². The van der Waals surface area contributed by atoms with Crippen LogP contribution in [0.4, 0.5) is 4.79 Å². The molecule has 6 nitrogen and oxygen atoms in total. The van der Waals surface area contributed by atoms with Crippen LogP contribution in [-0.4, -0.2) is 40.8 Å². The summed E-state index contributed by atoms with van der Waals surface area (Å²) in [5.41, 5.74) is 4.91.